The van der Waals surface area contributed by atoms with Gasteiger partial charge in [0.1, 0.15) is 6.29 Å². The topological polar surface area (TPSA) is 74.0 Å². The van der Waals surface area contributed by atoms with Crippen LogP contribution >= 0.6 is 0 Å². The first-order valence-corrected chi connectivity index (χ1v) is 10.6. The fourth-order valence-corrected chi connectivity index (χ4v) is 3.84. The third kappa shape index (κ3) is 7.93. The highest BCUT2D eigenvalue weighted by Crippen LogP contribution is 2.27. The van der Waals surface area contributed by atoms with Crippen LogP contribution in [0, 0.1) is 11.8 Å². The van der Waals surface area contributed by atoms with Crippen molar-refractivity contribution in [1.29, 1.82) is 0 Å². The molecule has 0 aromatic carbocycles. The molecule has 0 spiro atoms. The normalized spacial score (nSPS) is 28.5. The van der Waals surface area contributed by atoms with E-state index >= 15 is 0 Å². The van der Waals surface area contributed by atoms with Crippen LogP contribution in [-0.2, 0) is 4.79 Å². The lowest BCUT2D eigenvalue weighted by Gasteiger charge is -2.18. The van der Waals surface area contributed by atoms with Gasteiger partial charge in [0, 0.05) is 31.1 Å². The van der Waals surface area contributed by atoms with Crippen LogP contribution < -0.4 is 5.32 Å². The first kappa shape index (κ1) is 22.3. The number of aliphatic hydroxyl groups excluding tert-OH is 1. The molecule has 5 heteroatoms. The van der Waals surface area contributed by atoms with Crippen molar-refractivity contribution in [2.75, 3.05) is 13.1 Å². The summed E-state index contributed by atoms with van der Waals surface area (Å²) in [4.78, 5) is 20.3. The summed E-state index contributed by atoms with van der Waals surface area (Å²) in [5.41, 5.74) is 2.79. The molecule has 154 valence electrons. The van der Waals surface area contributed by atoms with Crippen molar-refractivity contribution in [3.05, 3.63) is 35.1 Å². The van der Waals surface area contributed by atoms with Gasteiger partial charge in [-0.1, -0.05) is 31.9 Å². The summed E-state index contributed by atoms with van der Waals surface area (Å²) in [6.07, 6.45) is 17.0. The van der Waals surface area contributed by atoms with Gasteiger partial charge in [-0.15, -0.1) is 0 Å². The number of hydrogen-bond acceptors (Lipinski definition) is 5. The number of carbonyl (C=O) groups is 1. The molecule has 0 amide bonds. The van der Waals surface area contributed by atoms with Crippen molar-refractivity contribution >= 4 is 18.8 Å². The molecule has 3 atom stereocenters. The third-order valence-electron chi connectivity index (χ3n) is 5.60. The molecule has 0 fully saturated rings. The molecule has 0 saturated heterocycles. The van der Waals surface area contributed by atoms with Crippen molar-refractivity contribution in [1.82, 2.24) is 5.32 Å². The molecule has 2 N–H and O–H groups in total. The van der Waals surface area contributed by atoms with Crippen molar-refractivity contribution < 1.29 is 9.90 Å². The van der Waals surface area contributed by atoms with E-state index in [1.807, 2.05) is 19.3 Å². The maximum atomic E-state index is 11.3. The number of allylic oxidation sites excluding steroid dienone is 4. The first-order valence-electron chi connectivity index (χ1n) is 10.6. The minimum atomic E-state index is -0.461. The van der Waals surface area contributed by atoms with Crippen LogP contribution in [0.25, 0.3) is 0 Å². The van der Waals surface area contributed by atoms with Gasteiger partial charge in [0.05, 0.1) is 12.4 Å². The van der Waals surface area contributed by atoms with Gasteiger partial charge in [0.2, 0.25) is 0 Å². The molecule has 1 heterocycles. The number of rotatable bonds is 6. The van der Waals surface area contributed by atoms with Gasteiger partial charge in [0.25, 0.3) is 0 Å². The molecule has 0 aromatic heterocycles. The van der Waals surface area contributed by atoms with Crippen molar-refractivity contribution in [2.45, 2.75) is 64.9 Å². The summed E-state index contributed by atoms with van der Waals surface area (Å²) < 4.78 is 0. The molecule has 0 radical (unpaired) electrons. The lowest BCUT2D eigenvalue weighted by atomic mass is 9.90. The first-order chi connectivity index (χ1) is 13.6. The number of carbonyl (C=O) groups excluding carboxylic acids is 1. The second kappa shape index (κ2) is 12.4. The molecule has 0 saturated carbocycles. The Bertz CT molecular complexity index is 646. The summed E-state index contributed by atoms with van der Waals surface area (Å²) in [6.45, 7) is 5.70. The Morgan fingerprint density at radius 2 is 2.00 bits per heavy atom. The van der Waals surface area contributed by atoms with Gasteiger partial charge in [0.15, 0.2) is 0 Å². The number of nitrogens with zero attached hydrogens (tertiary/aromatic N) is 2. The zero-order valence-electron chi connectivity index (χ0n) is 17.3. The van der Waals surface area contributed by atoms with Crippen molar-refractivity contribution in [3.63, 3.8) is 0 Å². The van der Waals surface area contributed by atoms with E-state index in [4.69, 9.17) is 0 Å². The Morgan fingerprint density at radius 1 is 1.21 bits per heavy atom. The molecule has 0 bridgehead atoms. The zero-order chi connectivity index (χ0) is 20.2. The monoisotopic (exact) mass is 385 g/mol. The van der Waals surface area contributed by atoms with Crippen LogP contribution in [0.3, 0.4) is 0 Å². The number of aliphatic hydroxyl groups is 1. The average molecular weight is 386 g/mol. The second-order valence-electron chi connectivity index (χ2n) is 7.84. The molecular formula is C23H35N3O2. The summed E-state index contributed by atoms with van der Waals surface area (Å²) >= 11 is 0. The number of aliphatic imine (C=N–C) groups is 2. The summed E-state index contributed by atoms with van der Waals surface area (Å²) in [7, 11) is 0. The molecule has 1 aliphatic carbocycles. The molecule has 0 aromatic rings. The standard InChI is InChI=1S/C23H35N3O2/c1-3-19-14-24-9-7-20(8-10-25-17-26-15-19)5-4-6-21-12-22(16-27)18(2)11-23(28)13-21/h11-12,14-17,20-21,23,28H,3-10,13H2,1-2H3,(H,25,26)/b19-15-,24-14?. The Hall–Kier alpha value is -2.01. The molecule has 3 unspecified atom stereocenters. The van der Waals surface area contributed by atoms with E-state index in [1.54, 1.807) is 12.4 Å². The SMILES string of the molecule is CC/C1=C/NC=NCCC(CCCC2C=C(C=O)C(C)=CC(O)C2)CCN=C1. The van der Waals surface area contributed by atoms with Crippen LogP contribution in [0.1, 0.15) is 58.8 Å². The lowest BCUT2D eigenvalue weighted by Crippen LogP contribution is -2.11. The van der Waals surface area contributed by atoms with Gasteiger partial charge >= 0.3 is 0 Å². The van der Waals surface area contributed by atoms with Crippen molar-refractivity contribution in [2.24, 2.45) is 21.8 Å². The highest BCUT2D eigenvalue weighted by Gasteiger charge is 2.18. The average Bonchev–Trinajstić information content (AvgIpc) is 2.80. The minimum absolute atomic E-state index is 0.257. The third-order valence-corrected chi connectivity index (χ3v) is 5.60. The Kier molecular flexibility index (Phi) is 9.91. The number of aldehydes is 1. The van der Waals surface area contributed by atoms with Gasteiger partial charge in [-0.25, -0.2) is 0 Å². The highest BCUT2D eigenvalue weighted by atomic mass is 16.3. The Labute approximate surface area is 169 Å². The second-order valence-corrected chi connectivity index (χ2v) is 7.84. The van der Waals surface area contributed by atoms with E-state index < -0.39 is 6.10 Å². The number of nitrogens with one attached hydrogen (secondary N) is 1. The molecule has 5 nitrogen and oxygen atoms in total. The maximum absolute atomic E-state index is 11.3. The number of hydrogen-bond donors (Lipinski definition) is 2. The summed E-state index contributed by atoms with van der Waals surface area (Å²) in [6, 6.07) is 0. The fourth-order valence-electron chi connectivity index (χ4n) is 3.84. The van der Waals surface area contributed by atoms with Crippen LogP contribution in [0.2, 0.25) is 0 Å². The van der Waals surface area contributed by atoms with Gasteiger partial charge < -0.3 is 10.4 Å². The van der Waals surface area contributed by atoms with Gasteiger partial charge in [-0.05, 0) is 62.0 Å². The van der Waals surface area contributed by atoms with E-state index in [9.17, 15) is 9.90 Å². The van der Waals surface area contributed by atoms with Crippen LogP contribution in [0.15, 0.2) is 45.1 Å². The van der Waals surface area contributed by atoms with Crippen LogP contribution in [0.5, 0.6) is 0 Å². The Morgan fingerprint density at radius 3 is 2.75 bits per heavy atom. The van der Waals surface area contributed by atoms with E-state index in [2.05, 4.69) is 28.3 Å². The van der Waals surface area contributed by atoms with Crippen LogP contribution in [0.4, 0.5) is 0 Å². The van der Waals surface area contributed by atoms with E-state index in [1.165, 1.54) is 5.57 Å². The van der Waals surface area contributed by atoms with Crippen molar-refractivity contribution in [3.8, 4) is 0 Å². The predicted molar refractivity (Wildman–Crippen MR) is 117 cm³/mol. The smallest absolute Gasteiger partial charge is 0.149 e. The van der Waals surface area contributed by atoms with Gasteiger partial charge in [-0.3, -0.25) is 14.8 Å². The predicted octanol–water partition coefficient (Wildman–Crippen LogP) is 4.00. The minimum Gasteiger partial charge on any atom is -0.389 e. The molecule has 1 aliphatic heterocycles. The van der Waals surface area contributed by atoms with E-state index in [0.29, 0.717) is 12.3 Å². The fraction of sp³-hybridized carbons (Fsp3) is 0.609. The van der Waals surface area contributed by atoms with E-state index in [-0.39, 0.29) is 5.92 Å². The lowest BCUT2D eigenvalue weighted by molar-refractivity contribution is -0.104. The zero-order valence-corrected chi connectivity index (χ0v) is 17.3. The Balaban J connectivity index is 1.86. The largest absolute Gasteiger partial charge is 0.389 e. The molecule has 2 rings (SSSR count). The van der Waals surface area contributed by atoms with Crippen LogP contribution in [-0.4, -0.2) is 43.1 Å². The summed E-state index contributed by atoms with van der Waals surface area (Å²) in [5, 5.41) is 13.3. The molecular weight excluding hydrogens is 350 g/mol. The molecule has 2 aliphatic rings. The summed E-state index contributed by atoms with van der Waals surface area (Å²) in [5.74, 6) is 0.862. The quantitative estimate of drug-likeness (QED) is 0.679. The van der Waals surface area contributed by atoms with Gasteiger partial charge in [-0.2, -0.15) is 0 Å². The maximum Gasteiger partial charge on any atom is 0.149 e. The molecule has 28 heavy (non-hydrogen) atoms. The van der Waals surface area contributed by atoms with E-state index in [0.717, 1.165) is 69.0 Å². The highest BCUT2D eigenvalue weighted by molar-refractivity contribution is 5.80.